The van der Waals surface area contributed by atoms with E-state index in [1.165, 1.54) is 11.3 Å². The molecule has 24 heavy (non-hydrogen) atoms. The molecule has 0 radical (unpaired) electrons. The third kappa shape index (κ3) is 3.15. The number of fused-ring (bicyclic) bond motifs is 1. The van der Waals surface area contributed by atoms with Crippen LogP contribution in [-0.4, -0.2) is 51.0 Å². The average molecular weight is 364 g/mol. The molecular weight excluding hydrogens is 344 g/mol. The summed E-state index contributed by atoms with van der Waals surface area (Å²) in [6.45, 7) is 6.55. The van der Waals surface area contributed by atoms with E-state index in [0.717, 1.165) is 32.8 Å². The topological polar surface area (TPSA) is 70.5 Å². The Bertz CT molecular complexity index is 816. The van der Waals surface area contributed by atoms with Gasteiger partial charge in [0.25, 0.3) is 5.91 Å². The molecule has 2 aromatic heterocycles. The Morgan fingerprint density at radius 1 is 1.38 bits per heavy atom. The van der Waals surface area contributed by atoms with Crippen LogP contribution < -0.4 is 0 Å². The Morgan fingerprint density at radius 3 is 2.83 bits per heavy atom. The third-order valence-electron chi connectivity index (χ3n) is 4.32. The number of amides is 1. The number of pyridine rings is 1. The molecule has 1 atom stereocenters. The average Bonchev–Trinajstić information content (AvgIpc) is 2.83. The van der Waals surface area contributed by atoms with E-state index in [1.54, 1.807) is 16.7 Å². The molecule has 3 heterocycles. The van der Waals surface area contributed by atoms with Gasteiger partial charge in [0.1, 0.15) is 4.83 Å². The van der Waals surface area contributed by atoms with Crippen LogP contribution in [0.15, 0.2) is 6.07 Å². The van der Waals surface area contributed by atoms with Crippen LogP contribution in [0.1, 0.15) is 32.9 Å². The second kappa shape index (κ2) is 6.72. The molecule has 1 fully saturated rings. The highest BCUT2D eigenvalue weighted by molar-refractivity contribution is 7.99. The second-order valence-corrected chi connectivity index (χ2v) is 8.29. The molecule has 3 rings (SSSR count). The van der Waals surface area contributed by atoms with E-state index in [4.69, 9.17) is 5.11 Å². The van der Waals surface area contributed by atoms with Gasteiger partial charge < -0.3 is 10.0 Å². The molecule has 1 N–H and O–H groups in total. The quantitative estimate of drug-likeness (QED) is 0.905. The van der Waals surface area contributed by atoms with Crippen LogP contribution in [0.4, 0.5) is 0 Å². The van der Waals surface area contributed by atoms with Crippen LogP contribution in [0.3, 0.4) is 0 Å². The number of aryl methyl sites for hydroxylation is 3. The number of carbonyl (C=O) groups is 2. The second-order valence-electron chi connectivity index (χ2n) is 6.14. The third-order valence-corrected chi connectivity index (χ3v) is 6.58. The van der Waals surface area contributed by atoms with Crippen molar-refractivity contribution in [2.45, 2.75) is 33.2 Å². The zero-order chi connectivity index (χ0) is 17.4. The van der Waals surface area contributed by atoms with Crippen LogP contribution in [0.5, 0.6) is 0 Å². The molecule has 1 amide bonds. The van der Waals surface area contributed by atoms with Crippen molar-refractivity contribution >= 4 is 45.2 Å². The van der Waals surface area contributed by atoms with E-state index in [1.807, 2.05) is 26.8 Å². The lowest BCUT2D eigenvalue weighted by Gasteiger charge is -2.34. The summed E-state index contributed by atoms with van der Waals surface area (Å²) in [6, 6.07) is 1.79. The molecular formula is C17H20N2O3S2. The number of hydrogen-bond donors (Lipinski definition) is 1. The molecule has 0 saturated carbocycles. The molecule has 0 spiro atoms. The first-order valence-electron chi connectivity index (χ1n) is 7.86. The number of rotatable bonds is 3. The van der Waals surface area contributed by atoms with E-state index in [-0.39, 0.29) is 18.4 Å². The summed E-state index contributed by atoms with van der Waals surface area (Å²) in [5.74, 6) is 0.612. The summed E-state index contributed by atoms with van der Waals surface area (Å²) in [5.41, 5.74) is 3.03. The zero-order valence-electron chi connectivity index (χ0n) is 14.0. The fourth-order valence-electron chi connectivity index (χ4n) is 3.25. The van der Waals surface area contributed by atoms with Gasteiger partial charge in [-0.3, -0.25) is 9.59 Å². The summed E-state index contributed by atoms with van der Waals surface area (Å²) in [5, 5.41) is 10.2. The van der Waals surface area contributed by atoms with Crippen molar-refractivity contribution < 1.29 is 14.7 Å². The van der Waals surface area contributed by atoms with E-state index in [2.05, 4.69) is 4.98 Å². The monoisotopic (exact) mass is 364 g/mol. The Morgan fingerprint density at radius 2 is 2.12 bits per heavy atom. The summed E-state index contributed by atoms with van der Waals surface area (Å²) in [6.07, 6.45) is -0.000924. The van der Waals surface area contributed by atoms with Crippen molar-refractivity contribution in [2.24, 2.45) is 0 Å². The van der Waals surface area contributed by atoms with E-state index >= 15 is 0 Å². The molecule has 7 heteroatoms. The van der Waals surface area contributed by atoms with Gasteiger partial charge in [-0.15, -0.1) is 11.3 Å². The Hall–Kier alpha value is -1.60. The number of thiophene rings is 1. The minimum Gasteiger partial charge on any atom is -0.481 e. The highest BCUT2D eigenvalue weighted by Crippen LogP contribution is 2.34. The van der Waals surface area contributed by atoms with Crippen LogP contribution in [0, 0.1) is 20.8 Å². The molecule has 1 saturated heterocycles. The first-order valence-corrected chi connectivity index (χ1v) is 9.83. The van der Waals surface area contributed by atoms with Crippen LogP contribution >= 0.6 is 23.1 Å². The number of carboxylic acids is 1. The summed E-state index contributed by atoms with van der Waals surface area (Å²) < 4.78 is 0. The lowest BCUT2D eigenvalue weighted by molar-refractivity contribution is -0.138. The zero-order valence-corrected chi connectivity index (χ0v) is 15.6. The van der Waals surface area contributed by atoms with Gasteiger partial charge in [0, 0.05) is 29.1 Å². The van der Waals surface area contributed by atoms with E-state index in [9.17, 15) is 9.59 Å². The van der Waals surface area contributed by atoms with Gasteiger partial charge in [0.15, 0.2) is 0 Å². The van der Waals surface area contributed by atoms with Crippen LogP contribution in [0.25, 0.3) is 10.2 Å². The minimum atomic E-state index is -0.860. The van der Waals surface area contributed by atoms with Crippen molar-refractivity contribution in [3.63, 3.8) is 0 Å². The van der Waals surface area contributed by atoms with Crippen molar-refractivity contribution in [1.29, 1.82) is 0 Å². The molecule has 1 aliphatic heterocycles. The molecule has 0 aliphatic carbocycles. The Balaban J connectivity index is 1.99. The lowest BCUT2D eigenvalue weighted by Crippen LogP contribution is -2.47. The Labute approximate surface area is 149 Å². The number of nitrogens with zero attached hydrogens (tertiary/aromatic N) is 2. The predicted molar refractivity (Wildman–Crippen MR) is 98.2 cm³/mol. The fraction of sp³-hybridized carbons (Fsp3) is 0.471. The van der Waals surface area contributed by atoms with Gasteiger partial charge in [0.05, 0.1) is 17.3 Å². The van der Waals surface area contributed by atoms with E-state index in [0.29, 0.717) is 17.2 Å². The van der Waals surface area contributed by atoms with Gasteiger partial charge in [-0.05, 0) is 38.0 Å². The van der Waals surface area contributed by atoms with Gasteiger partial charge in [0.2, 0.25) is 0 Å². The number of aliphatic carboxylic acids is 1. The lowest BCUT2D eigenvalue weighted by atomic mass is 10.1. The molecule has 2 aromatic rings. The normalized spacial score (nSPS) is 18.1. The maximum absolute atomic E-state index is 13.1. The molecule has 0 bridgehead atoms. The fourth-order valence-corrected chi connectivity index (χ4v) is 5.57. The highest BCUT2D eigenvalue weighted by Gasteiger charge is 2.31. The van der Waals surface area contributed by atoms with Gasteiger partial charge in [-0.1, -0.05) is 0 Å². The summed E-state index contributed by atoms with van der Waals surface area (Å²) in [7, 11) is 0. The SMILES string of the molecule is Cc1cc(C)c2c(C)c(C(=O)N3CCSCC3CC(=O)O)sc2n1. The maximum Gasteiger partial charge on any atom is 0.305 e. The summed E-state index contributed by atoms with van der Waals surface area (Å²) in [4.78, 5) is 32.1. The molecule has 5 nitrogen and oxygen atoms in total. The first-order chi connectivity index (χ1) is 11.4. The Kier molecular flexibility index (Phi) is 4.83. The van der Waals surface area contributed by atoms with Gasteiger partial charge in [-0.2, -0.15) is 11.8 Å². The predicted octanol–water partition coefficient (Wildman–Crippen LogP) is 3.25. The maximum atomic E-state index is 13.1. The molecule has 128 valence electrons. The highest BCUT2D eigenvalue weighted by atomic mass is 32.2. The van der Waals surface area contributed by atoms with Crippen LogP contribution in [0.2, 0.25) is 0 Å². The summed E-state index contributed by atoms with van der Waals surface area (Å²) >= 11 is 3.13. The largest absolute Gasteiger partial charge is 0.481 e. The number of carboxylic acid groups (broad SMARTS) is 1. The molecule has 0 aromatic carbocycles. The van der Waals surface area contributed by atoms with E-state index < -0.39 is 5.97 Å². The van der Waals surface area contributed by atoms with Crippen LogP contribution in [-0.2, 0) is 4.79 Å². The minimum absolute atomic E-state index is 0.000924. The van der Waals surface area contributed by atoms with Crippen molar-refractivity contribution in [3.05, 3.63) is 27.8 Å². The van der Waals surface area contributed by atoms with Gasteiger partial charge >= 0.3 is 5.97 Å². The smallest absolute Gasteiger partial charge is 0.305 e. The standard InChI is InChI=1S/C17H20N2O3S2/c1-9-6-10(2)18-16-14(9)11(3)15(24-16)17(22)19-4-5-23-8-12(19)7-13(20)21/h6,12H,4-5,7-8H2,1-3H3,(H,20,21). The number of aromatic nitrogens is 1. The number of carbonyl (C=O) groups excluding carboxylic acids is 1. The van der Waals surface area contributed by atoms with Crippen molar-refractivity contribution in [2.75, 3.05) is 18.1 Å². The van der Waals surface area contributed by atoms with Crippen molar-refractivity contribution in [1.82, 2.24) is 9.88 Å². The van der Waals surface area contributed by atoms with Gasteiger partial charge in [-0.25, -0.2) is 4.98 Å². The molecule has 1 aliphatic rings. The number of hydrogen-bond acceptors (Lipinski definition) is 5. The number of thioether (sulfide) groups is 1. The first kappa shape index (κ1) is 17.2. The molecule has 1 unspecified atom stereocenters. The van der Waals surface area contributed by atoms with Crippen molar-refractivity contribution in [3.8, 4) is 0 Å².